The quantitative estimate of drug-likeness (QED) is 0.819. The summed E-state index contributed by atoms with van der Waals surface area (Å²) in [7, 11) is 0. The van der Waals surface area contributed by atoms with Crippen LogP contribution in [-0.4, -0.2) is 36.6 Å². The van der Waals surface area contributed by atoms with Crippen LogP contribution in [0.1, 0.15) is 6.92 Å². The van der Waals surface area contributed by atoms with Crippen molar-refractivity contribution in [3.8, 4) is 0 Å². The number of nitrogens with zero attached hydrogens (tertiary/aromatic N) is 1. The molecule has 2 N–H and O–H groups in total. The number of hydrogen-bond acceptors (Lipinski definition) is 3. The molecule has 1 aromatic carbocycles. The van der Waals surface area contributed by atoms with E-state index >= 15 is 0 Å². The Labute approximate surface area is 110 Å². The first-order chi connectivity index (χ1) is 8.49. The van der Waals surface area contributed by atoms with Gasteiger partial charge in [0.1, 0.15) is 6.54 Å². The molecule has 0 heterocycles. The lowest BCUT2D eigenvalue weighted by Gasteiger charge is -2.23. The number of anilines is 1. The number of nitrogens with one attached hydrogen (secondary N) is 1. The van der Waals surface area contributed by atoms with Crippen LogP contribution in [0.4, 0.5) is 5.69 Å². The Balaban J connectivity index is 2.71. The fourth-order valence-corrected chi connectivity index (χ4v) is 1.69. The Bertz CT molecular complexity index is 437. The van der Waals surface area contributed by atoms with Gasteiger partial charge in [-0.15, -0.1) is 0 Å². The largest absolute Gasteiger partial charge is 0.480 e. The first-order valence-corrected chi connectivity index (χ1v) is 5.83. The van der Waals surface area contributed by atoms with Gasteiger partial charge in [-0.2, -0.15) is 0 Å². The number of benzene rings is 1. The first-order valence-electron chi connectivity index (χ1n) is 5.46. The molecular formula is C12H15ClN2O3. The van der Waals surface area contributed by atoms with E-state index in [2.05, 4.69) is 5.32 Å². The second kappa shape index (κ2) is 6.86. The first kappa shape index (κ1) is 14.3. The van der Waals surface area contributed by atoms with E-state index in [1.807, 2.05) is 0 Å². The maximum absolute atomic E-state index is 10.8. The Morgan fingerprint density at radius 2 is 2.17 bits per heavy atom. The number of rotatable bonds is 6. The highest BCUT2D eigenvalue weighted by Gasteiger charge is 2.10. The van der Waals surface area contributed by atoms with Crippen molar-refractivity contribution < 1.29 is 14.7 Å². The number of amides is 1. The normalized spacial score (nSPS) is 9.89. The number of halogens is 1. The molecular weight excluding hydrogens is 256 g/mol. The predicted octanol–water partition coefficient (Wildman–Crippen LogP) is 1.37. The molecule has 0 spiro atoms. The highest BCUT2D eigenvalue weighted by molar-refractivity contribution is 6.30. The van der Waals surface area contributed by atoms with Crippen LogP contribution in [0.2, 0.25) is 5.02 Å². The molecule has 5 nitrogen and oxygen atoms in total. The number of carboxylic acids is 1. The fraction of sp³-hybridized carbons (Fsp3) is 0.333. The molecule has 18 heavy (non-hydrogen) atoms. The van der Waals surface area contributed by atoms with Crippen molar-refractivity contribution in [2.45, 2.75) is 6.92 Å². The smallest absolute Gasteiger partial charge is 0.323 e. The summed E-state index contributed by atoms with van der Waals surface area (Å²) in [6.45, 7) is 2.07. The monoisotopic (exact) mass is 270 g/mol. The summed E-state index contributed by atoms with van der Waals surface area (Å²) in [6.07, 6.45) is 0. The van der Waals surface area contributed by atoms with Gasteiger partial charge in [0, 0.05) is 30.7 Å². The summed E-state index contributed by atoms with van der Waals surface area (Å²) in [6, 6.07) is 6.95. The second-order valence-corrected chi connectivity index (χ2v) is 4.21. The molecule has 0 aromatic heterocycles. The minimum absolute atomic E-state index is 0.139. The van der Waals surface area contributed by atoms with Crippen molar-refractivity contribution in [2.24, 2.45) is 0 Å². The molecule has 0 radical (unpaired) electrons. The zero-order chi connectivity index (χ0) is 13.5. The lowest BCUT2D eigenvalue weighted by Crippen LogP contribution is -2.37. The third kappa shape index (κ3) is 5.05. The summed E-state index contributed by atoms with van der Waals surface area (Å²) < 4.78 is 0. The van der Waals surface area contributed by atoms with Crippen molar-refractivity contribution >= 4 is 29.2 Å². The minimum atomic E-state index is -0.933. The number of carboxylic acid groups (broad SMARTS) is 1. The molecule has 1 rings (SSSR count). The average Bonchev–Trinajstić information content (AvgIpc) is 2.26. The van der Waals surface area contributed by atoms with Gasteiger partial charge >= 0.3 is 5.97 Å². The topological polar surface area (TPSA) is 69.6 Å². The van der Waals surface area contributed by atoms with Gasteiger partial charge < -0.3 is 15.3 Å². The van der Waals surface area contributed by atoms with Crippen LogP contribution < -0.4 is 10.2 Å². The van der Waals surface area contributed by atoms with Gasteiger partial charge in [0.25, 0.3) is 0 Å². The van der Waals surface area contributed by atoms with Crippen LogP contribution in [0.15, 0.2) is 24.3 Å². The minimum Gasteiger partial charge on any atom is -0.480 e. The van der Waals surface area contributed by atoms with Gasteiger partial charge in [-0.25, -0.2) is 0 Å². The Morgan fingerprint density at radius 3 is 2.72 bits per heavy atom. The SMILES string of the molecule is CC(=O)NCCN(CC(=O)O)c1cccc(Cl)c1. The molecule has 0 saturated heterocycles. The van der Waals surface area contributed by atoms with E-state index in [4.69, 9.17) is 16.7 Å². The van der Waals surface area contributed by atoms with Crippen molar-refractivity contribution in [3.63, 3.8) is 0 Å². The van der Waals surface area contributed by atoms with Crippen LogP contribution in [0.3, 0.4) is 0 Å². The highest BCUT2D eigenvalue weighted by atomic mass is 35.5. The molecule has 0 atom stereocenters. The van der Waals surface area contributed by atoms with Crippen molar-refractivity contribution in [3.05, 3.63) is 29.3 Å². The maximum Gasteiger partial charge on any atom is 0.323 e. The molecule has 6 heteroatoms. The molecule has 0 saturated carbocycles. The Kier molecular flexibility index (Phi) is 5.45. The van der Waals surface area contributed by atoms with Crippen LogP contribution in [-0.2, 0) is 9.59 Å². The number of carbonyl (C=O) groups is 2. The molecule has 0 aliphatic carbocycles. The van der Waals surface area contributed by atoms with E-state index in [0.717, 1.165) is 5.69 Å². The molecule has 0 bridgehead atoms. The van der Waals surface area contributed by atoms with Crippen molar-refractivity contribution in [2.75, 3.05) is 24.5 Å². The standard InChI is InChI=1S/C12H15ClN2O3/c1-9(16)14-5-6-15(8-12(17)18)11-4-2-3-10(13)7-11/h2-4,7H,5-6,8H2,1H3,(H,14,16)(H,17,18). The number of carbonyl (C=O) groups excluding carboxylic acids is 1. The van der Waals surface area contributed by atoms with E-state index in [1.165, 1.54) is 6.92 Å². The molecule has 0 fully saturated rings. The van der Waals surface area contributed by atoms with E-state index in [-0.39, 0.29) is 12.5 Å². The third-order valence-corrected chi connectivity index (χ3v) is 2.49. The molecule has 0 aliphatic heterocycles. The fourth-order valence-electron chi connectivity index (χ4n) is 1.50. The van der Waals surface area contributed by atoms with Gasteiger partial charge in [0.15, 0.2) is 0 Å². The Morgan fingerprint density at radius 1 is 1.44 bits per heavy atom. The molecule has 0 unspecified atom stereocenters. The van der Waals surface area contributed by atoms with E-state index in [0.29, 0.717) is 18.1 Å². The summed E-state index contributed by atoms with van der Waals surface area (Å²) in [5.74, 6) is -1.07. The van der Waals surface area contributed by atoms with Gasteiger partial charge in [0.2, 0.25) is 5.91 Å². The van der Waals surface area contributed by atoms with Crippen LogP contribution >= 0.6 is 11.6 Å². The van der Waals surface area contributed by atoms with Crippen molar-refractivity contribution in [1.82, 2.24) is 5.32 Å². The summed E-state index contributed by atoms with van der Waals surface area (Å²) in [4.78, 5) is 23.2. The zero-order valence-electron chi connectivity index (χ0n) is 10.0. The van der Waals surface area contributed by atoms with E-state index in [1.54, 1.807) is 29.2 Å². The van der Waals surface area contributed by atoms with Gasteiger partial charge in [-0.05, 0) is 18.2 Å². The van der Waals surface area contributed by atoms with Crippen LogP contribution in [0.5, 0.6) is 0 Å². The van der Waals surface area contributed by atoms with Crippen LogP contribution in [0, 0.1) is 0 Å². The van der Waals surface area contributed by atoms with Gasteiger partial charge in [-0.1, -0.05) is 17.7 Å². The average molecular weight is 271 g/mol. The van der Waals surface area contributed by atoms with Crippen LogP contribution in [0.25, 0.3) is 0 Å². The van der Waals surface area contributed by atoms with Gasteiger partial charge in [-0.3, -0.25) is 9.59 Å². The molecule has 98 valence electrons. The zero-order valence-corrected chi connectivity index (χ0v) is 10.8. The lowest BCUT2D eigenvalue weighted by atomic mass is 10.3. The number of aliphatic carboxylic acids is 1. The van der Waals surface area contributed by atoms with E-state index < -0.39 is 5.97 Å². The predicted molar refractivity (Wildman–Crippen MR) is 70.0 cm³/mol. The van der Waals surface area contributed by atoms with Gasteiger partial charge in [0.05, 0.1) is 0 Å². The Hall–Kier alpha value is -1.75. The van der Waals surface area contributed by atoms with E-state index in [9.17, 15) is 9.59 Å². The molecule has 1 aromatic rings. The lowest BCUT2D eigenvalue weighted by molar-refractivity contribution is -0.135. The summed E-state index contributed by atoms with van der Waals surface area (Å²) >= 11 is 5.87. The second-order valence-electron chi connectivity index (χ2n) is 3.78. The summed E-state index contributed by atoms with van der Waals surface area (Å²) in [5, 5.41) is 12.0. The summed E-state index contributed by atoms with van der Waals surface area (Å²) in [5.41, 5.74) is 0.718. The maximum atomic E-state index is 10.8. The molecule has 0 aliphatic rings. The third-order valence-electron chi connectivity index (χ3n) is 2.26. The number of hydrogen-bond donors (Lipinski definition) is 2. The molecule has 1 amide bonds. The van der Waals surface area contributed by atoms with Crippen molar-refractivity contribution in [1.29, 1.82) is 0 Å². The highest BCUT2D eigenvalue weighted by Crippen LogP contribution is 2.18.